The molecule has 122 valence electrons. The third-order valence-electron chi connectivity index (χ3n) is 2.88. The number of aromatic nitrogens is 2. The zero-order chi connectivity index (χ0) is 17.2. The Bertz CT molecular complexity index is 720. The summed E-state index contributed by atoms with van der Waals surface area (Å²) in [6.45, 7) is 0.818. The van der Waals surface area contributed by atoms with E-state index in [2.05, 4.69) is 10.2 Å². The van der Waals surface area contributed by atoms with Gasteiger partial charge < -0.3 is 9.84 Å². The van der Waals surface area contributed by atoms with Crippen LogP contribution in [0.2, 0.25) is 5.02 Å². The average Bonchev–Trinajstić information content (AvgIpc) is 2.47. The summed E-state index contributed by atoms with van der Waals surface area (Å²) in [5, 5.41) is 16.2. The molecule has 1 N–H and O–H groups in total. The molecule has 9 heteroatoms. The van der Waals surface area contributed by atoms with E-state index in [1.807, 2.05) is 0 Å². The molecule has 0 saturated carbocycles. The van der Waals surface area contributed by atoms with Crippen molar-refractivity contribution >= 4 is 17.6 Å². The number of carbonyl (C=O) groups is 1. The van der Waals surface area contributed by atoms with E-state index in [1.54, 1.807) is 0 Å². The van der Waals surface area contributed by atoms with E-state index in [0.717, 1.165) is 13.0 Å². The van der Waals surface area contributed by atoms with Gasteiger partial charge in [0.2, 0.25) is 5.88 Å². The minimum absolute atomic E-state index is 0.0742. The van der Waals surface area contributed by atoms with Crippen molar-refractivity contribution in [3.63, 3.8) is 0 Å². The molecular formula is C14H10ClF3N2O3. The number of alkyl halides is 3. The lowest BCUT2D eigenvalue weighted by Gasteiger charge is -2.18. The zero-order valence-corrected chi connectivity index (χ0v) is 12.4. The van der Waals surface area contributed by atoms with Gasteiger partial charge in [-0.2, -0.15) is 13.2 Å². The van der Waals surface area contributed by atoms with Crippen LogP contribution in [0.15, 0.2) is 30.3 Å². The van der Waals surface area contributed by atoms with Crippen LogP contribution in [0.5, 0.6) is 5.88 Å². The molecule has 0 aliphatic rings. The topological polar surface area (TPSA) is 72.3 Å². The van der Waals surface area contributed by atoms with Crippen LogP contribution >= 0.6 is 11.6 Å². The summed E-state index contributed by atoms with van der Waals surface area (Å²) in [6.07, 6.45) is -6.72. The van der Waals surface area contributed by atoms with Crippen molar-refractivity contribution in [2.45, 2.75) is 19.2 Å². The van der Waals surface area contributed by atoms with E-state index < -0.39 is 29.8 Å². The molecule has 1 aromatic heterocycles. The Labute approximate surface area is 133 Å². The lowest BCUT2D eigenvalue weighted by atomic mass is 10.1. The number of nitrogens with zero attached hydrogens (tertiary/aromatic N) is 2. The Morgan fingerprint density at radius 2 is 1.87 bits per heavy atom. The molecule has 0 aliphatic heterocycles. The van der Waals surface area contributed by atoms with Gasteiger partial charge in [-0.05, 0) is 30.7 Å². The van der Waals surface area contributed by atoms with Crippen LogP contribution in [0.25, 0.3) is 11.1 Å². The largest absolute Gasteiger partial charge is 0.476 e. The molecule has 0 spiro atoms. The van der Waals surface area contributed by atoms with E-state index in [9.17, 15) is 18.0 Å². The lowest BCUT2D eigenvalue weighted by Crippen LogP contribution is -2.31. The van der Waals surface area contributed by atoms with Crippen molar-refractivity contribution in [1.29, 1.82) is 0 Å². The first-order chi connectivity index (χ1) is 10.7. The molecular weight excluding hydrogens is 337 g/mol. The second-order valence-electron chi connectivity index (χ2n) is 4.56. The van der Waals surface area contributed by atoms with Gasteiger partial charge in [-0.1, -0.05) is 23.7 Å². The van der Waals surface area contributed by atoms with Crippen molar-refractivity contribution < 1.29 is 27.8 Å². The minimum Gasteiger partial charge on any atom is -0.476 e. The number of ether oxygens (including phenoxy) is 1. The normalized spacial score (nSPS) is 12.7. The Kier molecular flexibility index (Phi) is 4.74. The van der Waals surface area contributed by atoms with Crippen LogP contribution in [0.1, 0.15) is 17.4 Å². The van der Waals surface area contributed by atoms with Gasteiger partial charge in [0.1, 0.15) is 0 Å². The molecule has 0 amide bonds. The van der Waals surface area contributed by atoms with Gasteiger partial charge in [0.25, 0.3) is 0 Å². The lowest BCUT2D eigenvalue weighted by molar-refractivity contribution is -0.189. The highest BCUT2D eigenvalue weighted by molar-refractivity contribution is 6.30. The highest BCUT2D eigenvalue weighted by Gasteiger charge is 2.39. The fraction of sp³-hybridized carbons (Fsp3) is 0.214. The Morgan fingerprint density at radius 1 is 1.26 bits per heavy atom. The minimum atomic E-state index is -4.59. The predicted molar refractivity (Wildman–Crippen MR) is 75.6 cm³/mol. The summed E-state index contributed by atoms with van der Waals surface area (Å²) in [4.78, 5) is 11.0. The fourth-order valence-electron chi connectivity index (χ4n) is 1.64. The van der Waals surface area contributed by atoms with Crippen LogP contribution in [-0.2, 0) is 0 Å². The maximum absolute atomic E-state index is 12.6. The molecule has 23 heavy (non-hydrogen) atoms. The summed E-state index contributed by atoms with van der Waals surface area (Å²) in [5.74, 6) is -1.77. The number of carboxylic acid groups (broad SMARTS) is 1. The first-order valence-corrected chi connectivity index (χ1v) is 6.66. The van der Waals surface area contributed by atoms with E-state index in [-0.39, 0.29) is 5.56 Å². The van der Waals surface area contributed by atoms with E-state index in [0.29, 0.717) is 10.6 Å². The SMILES string of the molecule is CC(Oc1nnc(C(=O)O)cc1-c1ccc(Cl)cc1)C(F)(F)F. The molecule has 1 heterocycles. The summed E-state index contributed by atoms with van der Waals surface area (Å²) in [5.41, 5.74) is 0.0586. The number of hydrogen-bond acceptors (Lipinski definition) is 4. The van der Waals surface area contributed by atoms with E-state index >= 15 is 0 Å². The van der Waals surface area contributed by atoms with Gasteiger partial charge in [-0.25, -0.2) is 4.79 Å². The molecule has 1 aromatic carbocycles. The number of benzene rings is 1. The molecule has 0 radical (unpaired) electrons. The molecule has 0 fully saturated rings. The number of halogens is 4. The molecule has 0 aliphatic carbocycles. The van der Waals surface area contributed by atoms with Crippen LogP contribution in [0.3, 0.4) is 0 Å². The Balaban J connectivity index is 2.49. The third-order valence-corrected chi connectivity index (χ3v) is 3.14. The van der Waals surface area contributed by atoms with E-state index in [4.69, 9.17) is 21.4 Å². The second-order valence-corrected chi connectivity index (χ2v) is 5.00. The summed E-state index contributed by atoms with van der Waals surface area (Å²) < 4.78 is 42.7. The van der Waals surface area contributed by atoms with Crippen molar-refractivity contribution in [3.05, 3.63) is 41.0 Å². The zero-order valence-electron chi connectivity index (χ0n) is 11.6. The highest BCUT2D eigenvalue weighted by atomic mass is 35.5. The van der Waals surface area contributed by atoms with Crippen LogP contribution < -0.4 is 4.74 Å². The highest BCUT2D eigenvalue weighted by Crippen LogP contribution is 2.32. The van der Waals surface area contributed by atoms with Gasteiger partial charge in [0.05, 0.1) is 0 Å². The van der Waals surface area contributed by atoms with Crippen LogP contribution in [0, 0.1) is 0 Å². The van der Waals surface area contributed by atoms with Gasteiger partial charge in [0, 0.05) is 10.6 Å². The first-order valence-electron chi connectivity index (χ1n) is 6.29. The molecule has 1 atom stereocenters. The molecule has 1 unspecified atom stereocenters. The average molecular weight is 347 g/mol. The predicted octanol–water partition coefficient (Wildman–Crippen LogP) is 3.82. The number of rotatable bonds is 4. The van der Waals surface area contributed by atoms with Crippen LogP contribution in [0.4, 0.5) is 13.2 Å². The Hall–Kier alpha value is -2.35. The van der Waals surface area contributed by atoms with Gasteiger partial charge in [0.15, 0.2) is 11.8 Å². The Morgan fingerprint density at radius 3 is 2.39 bits per heavy atom. The maximum atomic E-state index is 12.6. The number of aromatic carboxylic acids is 1. The van der Waals surface area contributed by atoms with E-state index in [1.165, 1.54) is 24.3 Å². The second kappa shape index (κ2) is 6.41. The molecule has 5 nitrogen and oxygen atoms in total. The quantitative estimate of drug-likeness (QED) is 0.911. The first kappa shape index (κ1) is 17.0. The summed E-state index contributed by atoms with van der Waals surface area (Å²) in [7, 11) is 0. The van der Waals surface area contributed by atoms with Gasteiger partial charge in [-0.15, -0.1) is 10.2 Å². The standard InChI is InChI=1S/C14H10ClF3N2O3/c1-7(14(16,17)18)23-12-10(6-11(13(21)22)19-20-12)8-2-4-9(15)5-3-8/h2-7H,1H3,(H,21,22). The van der Waals surface area contributed by atoms with Gasteiger partial charge in [-0.3, -0.25) is 0 Å². The number of hydrogen-bond donors (Lipinski definition) is 1. The fourth-order valence-corrected chi connectivity index (χ4v) is 1.77. The van der Waals surface area contributed by atoms with Crippen LogP contribution in [-0.4, -0.2) is 33.6 Å². The molecule has 2 aromatic rings. The third kappa shape index (κ3) is 4.10. The van der Waals surface area contributed by atoms with Crippen molar-refractivity contribution in [3.8, 4) is 17.0 Å². The monoisotopic (exact) mass is 346 g/mol. The number of carboxylic acids is 1. The van der Waals surface area contributed by atoms with Gasteiger partial charge >= 0.3 is 12.1 Å². The smallest absolute Gasteiger partial charge is 0.425 e. The van der Waals surface area contributed by atoms with Crippen molar-refractivity contribution in [2.75, 3.05) is 0 Å². The van der Waals surface area contributed by atoms with Crippen molar-refractivity contribution in [2.24, 2.45) is 0 Å². The molecule has 0 saturated heterocycles. The molecule has 2 rings (SSSR count). The molecule has 0 bridgehead atoms. The van der Waals surface area contributed by atoms with Crippen molar-refractivity contribution in [1.82, 2.24) is 10.2 Å². The summed E-state index contributed by atoms with van der Waals surface area (Å²) >= 11 is 5.76. The maximum Gasteiger partial charge on any atom is 0.425 e. The summed E-state index contributed by atoms with van der Waals surface area (Å²) in [6, 6.07) is 7.13.